The average Bonchev–Trinajstić information content (AvgIpc) is 2.44. The first-order valence-electron chi connectivity index (χ1n) is 8.36. The van der Waals surface area contributed by atoms with Crippen LogP contribution in [0.5, 0.6) is 0 Å². The van der Waals surface area contributed by atoms with Gasteiger partial charge in [-0.05, 0) is 32.5 Å². The van der Waals surface area contributed by atoms with Crippen LogP contribution in [0.4, 0.5) is 0 Å². The van der Waals surface area contributed by atoms with Crippen LogP contribution < -0.4 is 0 Å². The van der Waals surface area contributed by atoms with Crippen LogP contribution in [0, 0.1) is 0 Å². The van der Waals surface area contributed by atoms with Gasteiger partial charge in [-0.3, -0.25) is 0 Å². The van der Waals surface area contributed by atoms with Crippen LogP contribution in [0.3, 0.4) is 0 Å². The molecule has 18 heavy (non-hydrogen) atoms. The molecule has 1 fully saturated rings. The molecule has 2 heteroatoms. The minimum atomic E-state index is 1.30. The number of hydrogen-bond acceptors (Lipinski definition) is 1. The van der Waals surface area contributed by atoms with Crippen molar-refractivity contribution in [3.05, 3.63) is 0 Å². The summed E-state index contributed by atoms with van der Waals surface area (Å²) >= 11 is 2.09. The summed E-state index contributed by atoms with van der Waals surface area (Å²) < 4.78 is 0. The zero-order valence-corrected chi connectivity index (χ0v) is 14.5. The zero-order valence-electron chi connectivity index (χ0n) is 13.1. The Morgan fingerprint density at radius 2 is 1.11 bits per heavy atom. The third kappa shape index (κ3) is 12.9. The maximum absolute atomic E-state index is 2.61. The highest BCUT2D eigenvalue weighted by Crippen LogP contribution is 2.15. The van der Waals surface area contributed by atoms with Gasteiger partial charge in [-0.25, -0.2) is 0 Å². The number of rotatable bonds is 8. The fraction of sp³-hybridized carbons (Fsp3) is 1.00. The van der Waals surface area contributed by atoms with Crippen molar-refractivity contribution in [2.75, 3.05) is 19.6 Å². The molecule has 0 aliphatic heterocycles. The first-order chi connectivity index (χ1) is 8.85. The molecule has 0 spiro atoms. The second-order valence-corrected chi connectivity index (χ2v) is 6.23. The first kappa shape index (κ1) is 18.5. The van der Waals surface area contributed by atoms with Gasteiger partial charge < -0.3 is 4.90 Å². The molecule has 0 N–H and O–H groups in total. The maximum atomic E-state index is 2.61. The topological polar surface area (TPSA) is 3.24 Å². The summed E-state index contributed by atoms with van der Waals surface area (Å²) in [4.78, 5) is 2.61. The Balaban J connectivity index is 0.000000397. The maximum Gasteiger partial charge on any atom is 0.175 e. The van der Waals surface area contributed by atoms with Crippen LogP contribution in [0.15, 0.2) is 0 Å². The van der Waals surface area contributed by atoms with E-state index in [1.54, 1.807) is 0 Å². The van der Waals surface area contributed by atoms with Crippen molar-refractivity contribution in [2.24, 2.45) is 0 Å². The average molecular weight is 268 g/mol. The molecule has 0 heterocycles. The summed E-state index contributed by atoms with van der Waals surface area (Å²) in [6.07, 6.45) is 14.4. The fourth-order valence-electron chi connectivity index (χ4n) is 2.38. The smallest absolute Gasteiger partial charge is 0.175 e. The minimum absolute atomic E-state index is 1.30. The Bertz CT molecular complexity index is 127. The molecule has 0 aromatic rings. The highest BCUT2D eigenvalue weighted by molar-refractivity contribution is 6.08. The van der Waals surface area contributed by atoms with Crippen molar-refractivity contribution >= 4 is 16.3 Å². The largest absolute Gasteiger partial charge is 0.305 e. The lowest BCUT2D eigenvalue weighted by Gasteiger charge is -2.20. The number of hydrogen-bond donors (Lipinski definition) is 0. The molecule has 0 bridgehead atoms. The molecule has 0 saturated heterocycles. The van der Waals surface area contributed by atoms with E-state index in [1.807, 2.05) is 0 Å². The first-order valence-corrected chi connectivity index (χ1v) is 9.36. The van der Waals surface area contributed by atoms with Crippen molar-refractivity contribution in [3.63, 3.8) is 0 Å². The number of nitrogens with zero attached hydrogens (tertiary/aromatic N) is 1. The fourth-order valence-corrected chi connectivity index (χ4v) is 2.83. The van der Waals surface area contributed by atoms with Crippen LogP contribution >= 0.6 is 0 Å². The van der Waals surface area contributed by atoms with E-state index in [0.29, 0.717) is 0 Å². The molecule has 0 aromatic carbocycles. The quantitative estimate of drug-likeness (QED) is 0.584. The summed E-state index contributed by atoms with van der Waals surface area (Å²) in [6.45, 7) is 8.47. The van der Waals surface area contributed by atoms with Gasteiger partial charge in [0.05, 0.1) is 0 Å². The molecule has 1 saturated carbocycles. The van der Waals surface area contributed by atoms with Gasteiger partial charge in [-0.15, -0.1) is 0 Å². The van der Waals surface area contributed by atoms with Gasteiger partial charge in [0, 0.05) is 0 Å². The van der Waals surface area contributed by atoms with Crippen LogP contribution in [0.25, 0.3) is 0 Å². The molecule has 0 amide bonds. The summed E-state index contributed by atoms with van der Waals surface area (Å²) in [6, 6.07) is 0. The van der Waals surface area contributed by atoms with Crippen molar-refractivity contribution in [3.8, 4) is 0 Å². The predicted molar refractivity (Wildman–Crippen MR) is 85.9 cm³/mol. The SMILES string of the molecule is C1CCCCC1.CCCCN(C[CH2][AlH])CCCC. The normalized spacial score (nSPS) is 15.3. The van der Waals surface area contributed by atoms with Gasteiger partial charge in [0.25, 0.3) is 0 Å². The van der Waals surface area contributed by atoms with E-state index in [2.05, 4.69) is 35.0 Å². The molecule has 0 atom stereocenters. The van der Waals surface area contributed by atoms with E-state index in [9.17, 15) is 0 Å². The second kappa shape index (κ2) is 15.5. The summed E-state index contributed by atoms with van der Waals surface area (Å²) in [5, 5.41) is 1.33. The highest BCUT2D eigenvalue weighted by atomic mass is 27.0. The highest BCUT2D eigenvalue weighted by Gasteiger charge is 2.00. The summed E-state index contributed by atoms with van der Waals surface area (Å²) in [5.74, 6) is 0. The van der Waals surface area contributed by atoms with Gasteiger partial charge in [-0.1, -0.05) is 70.5 Å². The van der Waals surface area contributed by atoms with E-state index in [0.717, 1.165) is 0 Å². The monoisotopic (exact) mass is 268 g/mol. The van der Waals surface area contributed by atoms with Crippen molar-refractivity contribution in [2.45, 2.75) is 83.3 Å². The Kier molecular flexibility index (Phi) is 16.0. The van der Waals surface area contributed by atoms with Crippen LogP contribution in [-0.2, 0) is 0 Å². The third-order valence-electron chi connectivity index (χ3n) is 3.63. The standard InChI is InChI=1S/C10H22N.C6H12.Al.H/c1-4-7-9-11(6-3)10-8-5-2;1-2-4-6-5-3-1;;/h3-10H2,1-2H3;1-6H2;;. The zero-order chi connectivity index (χ0) is 13.5. The van der Waals surface area contributed by atoms with Crippen LogP contribution in [-0.4, -0.2) is 40.8 Å². The van der Waals surface area contributed by atoms with Crippen LogP contribution in [0.2, 0.25) is 5.28 Å². The Morgan fingerprint density at radius 3 is 1.39 bits per heavy atom. The molecular weight excluding hydrogens is 233 g/mol. The van der Waals surface area contributed by atoms with E-state index >= 15 is 0 Å². The minimum Gasteiger partial charge on any atom is -0.305 e. The summed E-state index contributed by atoms with van der Waals surface area (Å²) in [5.41, 5.74) is 0. The Morgan fingerprint density at radius 1 is 0.722 bits per heavy atom. The van der Waals surface area contributed by atoms with Crippen molar-refractivity contribution in [1.29, 1.82) is 0 Å². The lowest BCUT2D eigenvalue weighted by atomic mass is 10.0. The van der Waals surface area contributed by atoms with Gasteiger partial charge in [-0.2, -0.15) is 0 Å². The Hall–Kier alpha value is 0.492. The Labute approximate surface area is 124 Å². The summed E-state index contributed by atoms with van der Waals surface area (Å²) in [7, 11) is 0. The molecule has 1 aliphatic rings. The molecule has 0 aromatic heterocycles. The van der Waals surface area contributed by atoms with Crippen molar-refractivity contribution < 1.29 is 0 Å². The van der Waals surface area contributed by atoms with E-state index in [-0.39, 0.29) is 0 Å². The van der Waals surface area contributed by atoms with Gasteiger partial charge in [0.1, 0.15) is 0 Å². The molecule has 1 nitrogen and oxygen atoms in total. The van der Waals surface area contributed by atoms with Gasteiger partial charge in [0.15, 0.2) is 16.3 Å². The molecule has 1 aliphatic carbocycles. The van der Waals surface area contributed by atoms with E-state index in [1.165, 1.54) is 89.1 Å². The molecule has 107 valence electrons. The molecular formula is C16H35AlN. The molecule has 1 radical (unpaired) electrons. The van der Waals surface area contributed by atoms with E-state index < -0.39 is 0 Å². The lowest BCUT2D eigenvalue weighted by Crippen LogP contribution is -2.26. The number of unbranched alkanes of at least 4 members (excludes halogenated alkanes) is 2. The predicted octanol–water partition coefficient (Wildman–Crippen LogP) is 4.55. The lowest BCUT2D eigenvalue weighted by molar-refractivity contribution is 0.279. The molecule has 1 rings (SSSR count). The van der Waals surface area contributed by atoms with Gasteiger partial charge in [0.2, 0.25) is 0 Å². The van der Waals surface area contributed by atoms with E-state index in [4.69, 9.17) is 0 Å². The molecule has 0 unspecified atom stereocenters. The van der Waals surface area contributed by atoms with Crippen LogP contribution in [0.1, 0.15) is 78.1 Å². The van der Waals surface area contributed by atoms with Gasteiger partial charge >= 0.3 is 0 Å². The second-order valence-electron chi connectivity index (χ2n) is 5.52. The third-order valence-corrected chi connectivity index (χ3v) is 3.95. The van der Waals surface area contributed by atoms with Crippen molar-refractivity contribution in [1.82, 2.24) is 4.90 Å².